The second-order valence-corrected chi connectivity index (χ2v) is 9.39. The molecule has 0 bridgehead atoms. The van der Waals surface area contributed by atoms with E-state index in [1.807, 2.05) is 4.90 Å². The van der Waals surface area contributed by atoms with Crippen LogP contribution >= 0.6 is 0 Å². The number of nitrogens with zero attached hydrogens (tertiary/aromatic N) is 1. The first kappa shape index (κ1) is 35.9. The summed E-state index contributed by atoms with van der Waals surface area (Å²) in [7, 11) is 3.60. The standard InChI is InChI=1S/C27H46N2O10/c1-20(2)25(30)35-12-24(29(9)10)11-28-26(31)36-16-27(13-32-17-37-21(3)4,14-33-18-38-22(5)6)15-34-19-39-23(7)8/h24H,1,3,5,7,11-19H2,2,4,6,8-10H3,(H,28,31). The van der Waals surface area contributed by atoms with Crippen molar-refractivity contribution >= 4 is 12.1 Å². The molecule has 0 saturated heterocycles. The second-order valence-electron chi connectivity index (χ2n) is 9.39. The maximum atomic E-state index is 12.6. The highest BCUT2D eigenvalue weighted by Crippen LogP contribution is 2.21. The van der Waals surface area contributed by atoms with Gasteiger partial charge < -0.3 is 48.1 Å². The number of rotatable bonds is 23. The Balaban J connectivity index is 5.31. The Morgan fingerprint density at radius 3 is 1.51 bits per heavy atom. The molecule has 1 amide bonds. The first-order valence-electron chi connectivity index (χ1n) is 12.3. The lowest BCUT2D eigenvalue weighted by atomic mass is 9.92. The van der Waals surface area contributed by atoms with E-state index in [-0.39, 0.29) is 66.0 Å². The number of amides is 1. The van der Waals surface area contributed by atoms with Crippen LogP contribution in [0, 0.1) is 5.41 Å². The van der Waals surface area contributed by atoms with Crippen molar-refractivity contribution in [2.24, 2.45) is 5.41 Å². The molecule has 0 radical (unpaired) electrons. The predicted octanol–water partition coefficient (Wildman–Crippen LogP) is 3.32. The minimum absolute atomic E-state index is 0.0465. The molecule has 1 N–H and O–H groups in total. The zero-order valence-corrected chi connectivity index (χ0v) is 24.3. The van der Waals surface area contributed by atoms with Crippen molar-refractivity contribution in [3.63, 3.8) is 0 Å². The molecule has 12 nitrogen and oxygen atoms in total. The van der Waals surface area contributed by atoms with Crippen LogP contribution in [-0.2, 0) is 42.7 Å². The van der Waals surface area contributed by atoms with E-state index in [9.17, 15) is 9.59 Å². The summed E-state index contributed by atoms with van der Waals surface area (Å²) in [6, 6.07) is -0.293. The lowest BCUT2D eigenvalue weighted by Crippen LogP contribution is -2.46. The lowest BCUT2D eigenvalue weighted by molar-refractivity contribution is -0.153. The Hall–Kier alpha value is -3.06. The number of carbonyl (C=O) groups is 2. The molecule has 0 aromatic rings. The van der Waals surface area contributed by atoms with E-state index in [1.165, 1.54) is 0 Å². The fraction of sp³-hybridized carbons (Fsp3) is 0.630. The van der Waals surface area contributed by atoms with Crippen LogP contribution in [0.25, 0.3) is 0 Å². The minimum atomic E-state index is -0.954. The Kier molecular flexibility index (Phi) is 18.4. The zero-order chi connectivity index (χ0) is 29.8. The van der Waals surface area contributed by atoms with Gasteiger partial charge in [0.2, 0.25) is 0 Å². The number of hydrogen-bond acceptors (Lipinski definition) is 11. The molecule has 0 rings (SSSR count). The van der Waals surface area contributed by atoms with Gasteiger partial charge in [-0.15, -0.1) is 0 Å². The Morgan fingerprint density at radius 2 is 1.15 bits per heavy atom. The molecular formula is C27H46N2O10. The number of likely N-dealkylation sites (N-methyl/N-ethyl adjacent to an activating group) is 1. The van der Waals surface area contributed by atoms with Gasteiger partial charge in [0.05, 0.1) is 48.6 Å². The Labute approximate surface area is 232 Å². The molecule has 224 valence electrons. The maximum absolute atomic E-state index is 12.6. The lowest BCUT2D eigenvalue weighted by Gasteiger charge is -2.32. The maximum Gasteiger partial charge on any atom is 0.407 e. The van der Waals surface area contributed by atoms with Crippen LogP contribution in [0.5, 0.6) is 0 Å². The van der Waals surface area contributed by atoms with Crippen LogP contribution in [0.1, 0.15) is 27.7 Å². The van der Waals surface area contributed by atoms with Gasteiger partial charge in [-0.1, -0.05) is 26.3 Å². The third kappa shape index (κ3) is 18.8. The largest absolute Gasteiger partial charge is 0.473 e. The summed E-state index contributed by atoms with van der Waals surface area (Å²) in [6.07, 6.45) is -0.688. The first-order chi connectivity index (χ1) is 18.3. The van der Waals surface area contributed by atoms with Gasteiger partial charge >= 0.3 is 12.1 Å². The van der Waals surface area contributed by atoms with Crippen molar-refractivity contribution in [3.05, 3.63) is 49.2 Å². The van der Waals surface area contributed by atoms with Crippen molar-refractivity contribution in [1.29, 1.82) is 0 Å². The van der Waals surface area contributed by atoms with Gasteiger partial charge in [-0.3, -0.25) is 0 Å². The third-order valence-electron chi connectivity index (χ3n) is 4.87. The van der Waals surface area contributed by atoms with Crippen LogP contribution in [0.2, 0.25) is 0 Å². The molecule has 0 heterocycles. The zero-order valence-electron chi connectivity index (χ0n) is 24.3. The second kappa shape index (κ2) is 19.9. The summed E-state index contributed by atoms with van der Waals surface area (Å²) in [5.74, 6) is 0.949. The van der Waals surface area contributed by atoms with E-state index in [1.54, 1.807) is 41.8 Å². The van der Waals surface area contributed by atoms with Crippen LogP contribution in [0.15, 0.2) is 49.2 Å². The molecule has 0 aromatic heterocycles. The predicted molar refractivity (Wildman–Crippen MR) is 145 cm³/mol. The molecule has 0 saturated carbocycles. The molecule has 0 aliphatic rings. The third-order valence-corrected chi connectivity index (χ3v) is 4.87. The monoisotopic (exact) mass is 558 g/mol. The quantitative estimate of drug-likeness (QED) is 0.0653. The Morgan fingerprint density at radius 1 is 0.718 bits per heavy atom. The van der Waals surface area contributed by atoms with Gasteiger partial charge in [0.15, 0.2) is 20.4 Å². The van der Waals surface area contributed by atoms with Gasteiger partial charge in [-0.2, -0.15) is 0 Å². The highest BCUT2D eigenvalue weighted by Gasteiger charge is 2.34. The van der Waals surface area contributed by atoms with E-state index in [4.69, 9.17) is 37.9 Å². The Bertz CT molecular complexity index is 757. The normalized spacial score (nSPS) is 11.8. The molecule has 0 aliphatic heterocycles. The topological polar surface area (TPSA) is 123 Å². The van der Waals surface area contributed by atoms with Crippen LogP contribution < -0.4 is 5.32 Å². The van der Waals surface area contributed by atoms with Gasteiger partial charge in [0.1, 0.15) is 13.2 Å². The SMILES string of the molecule is C=C(C)OCOCC(COCOC(=C)C)(COCOC(=C)C)COC(=O)NCC(COC(=O)C(=C)C)N(C)C. The van der Waals surface area contributed by atoms with Crippen molar-refractivity contribution in [1.82, 2.24) is 10.2 Å². The van der Waals surface area contributed by atoms with Crippen LogP contribution in [-0.4, -0.2) is 97.1 Å². The summed E-state index contributed by atoms with van der Waals surface area (Å²) in [5, 5.41) is 2.69. The summed E-state index contributed by atoms with van der Waals surface area (Å²) in [4.78, 5) is 26.2. The number of ether oxygens (including phenoxy) is 8. The number of hydrogen-bond donors (Lipinski definition) is 1. The van der Waals surface area contributed by atoms with Gasteiger partial charge in [-0.05, 0) is 41.8 Å². The molecule has 0 fully saturated rings. The molecule has 1 unspecified atom stereocenters. The fourth-order valence-electron chi connectivity index (χ4n) is 2.61. The molecule has 0 spiro atoms. The highest BCUT2D eigenvalue weighted by atomic mass is 16.7. The smallest absolute Gasteiger partial charge is 0.407 e. The molecule has 12 heteroatoms. The minimum Gasteiger partial charge on any atom is -0.473 e. The van der Waals surface area contributed by atoms with E-state index in [2.05, 4.69) is 31.6 Å². The average molecular weight is 559 g/mol. The van der Waals surface area contributed by atoms with E-state index in [0.717, 1.165) is 0 Å². The first-order valence-corrected chi connectivity index (χ1v) is 12.3. The molecule has 0 aromatic carbocycles. The summed E-state index contributed by atoms with van der Waals surface area (Å²) in [6.45, 7) is 21.2. The van der Waals surface area contributed by atoms with Crippen LogP contribution in [0.3, 0.4) is 0 Å². The summed E-state index contributed by atoms with van der Waals surface area (Å²) in [5.41, 5.74) is -0.663. The highest BCUT2D eigenvalue weighted by molar-refractivity contribution is 5.86. The summed E-state index contributed by atoms with van der Waals surface area (Å²) < 4.78 is 43.6. The van der Waals surface area contributed by atoms with Crippen LogP contribution in [0.4, 0.5) is 4.79 Å². The van der Waals surface area contributed by atoms with E-state index < -0.39 is 17.5 Å². The fourth-order valence-corrected chi connectivity index (χ4v) is 2.61. The molecule has 1 atom stereocenters. The van der Waals surface area contributed by atoms with Crippen molar-refractivity contribution < 1.29 is 47.5 Å². The number of esters is 1. The van der Waals surface area contributed by atoms with E-state index >= 15 is 0 Å². The van der Waals surface area contributed by atoms with Crippen molar-refractivity contribution in [2.75, 3.05) is 74.1 Å². The number of alkyl carbamates (subject to hydrolysis) is 1. The molecule has 0 aliphatic carbocycles. The van der Waals surface area contributed by atoms with Gasteiger partial charge in [0, 0.05) is 12.1 Å². The van der Waals surface area contributed by atoms with Crippen molar-refractivity contribution in [2.45, 2.75) is 33.7 Å². The molecular weight excluding hydrogens is 512 g/mol. The molecule has 39 heavy (non-hydrogen) atoms. The number of carbonyl (C=O) groups excluding carboxylic acids is 2. The van der Waals surface area contributed by atoms with Gasteiger partial charge in [-0.25, -0.2) is 9.59 Å². The average Bonchev–Trinajstić information content (AvgIpc) is 2.84. The summed E-state index contributed by atoms with van der Waals surface area (Å²) >= 11 is 0. The number of nitrogens with one attached hydrogen (secondary N) is 1. The van der Waals surface area contributed by atoms with E-state index in [0.29, 0.717) is 22.9 Å². The van der Waals surface area contributed by atoms with Crippen molar-refractivity contribution in [3.8, 4) is 0 Å². The van der Waals surface area contributed by atoms with Gasteiger partial charge in [0.25, 0.3) is 0 Å². The number of allylic oxidation sites excluding steroid dienone is 3.